The summed E-state index contributed by atoms with van der Waals surface area (Å²) in [5.41, 5.74) is 6.03. The van der Waals surface area contributed by atoms with Crippen LogP contribution in [0.1, 0.15) is 12.8 Å². The second kappa shape index (κ2) is 3.91. The van der Waals surface area contributed by atoms with Gasteiger partial charge in [-0.05, 0) is 43.0 Å². The second-order valence-corrected chi connectivity index (χ2v) is 5.00. The Morgan fingerprint density at radius 2 is 2.21 bits per heavy atom. The minimum Gasteiger partial charge on any atom is -0.330 e. The van der Waals surface area contributed by atoms with Crippen LogP contribution in [0.5, 0.6) is 0 Å². The molecule has 0 unspecified atom stereocenters. The van der Waals surface area contributed by atoms with Crippen LogP contribution in [0.25, 0.3) is 0 Å². The number of benzene rings is 1. The van der Waals surface area contributed by atoms with Crippen molar-refractivity contribution in [1.82, 2.24) is 0 Å². The summed E-state index contributed by atoms with van der Waals surface area (Å²) in [5, 5.41) is 0. The first-order valence-electron chi connectivity index (χ1n) is 4.83. The lowest BCUT2D eigenvalue weighted by molar-refractivity contribution is 0.599. The van der Waals surface area contributed by atoms with Crippen molar-refractivity contribution in [2.24, 2.45) is 11.1 Å². The lowest BCUT2D eigenvalue weighted by atomic mass is 10.1. The highest BCUT2D eigenvalue weighted by atomic mass is 32.2. The molecule has 0 radical (unpaired) electrons. The van der Waals surface area contributed by atoms with E-state index in [4.69, 9.17) is 5.73 Å². The molecule has 0 atom stereocenters. The summed E-state index contributed by atoms with van der Waals surface area (Å²) in [6, 6.07) is 6.75. The zero-order valence-corrected chi connectivity index (χ0v) is 8.82. The molecule has 1 aliphatic carbocycles. The molecule has 1 aromatic carbocycles. The smallest absolute Gasteiger partial charge is 0.124 e. The molecular formula is C11H14FNS. The van der Waals surface area contributed by atoms with Crippen molar-refractivity contribution < 1.29 is 4.39 Å². The maximum Gasteiger partial charge on any atom is 0.124 e. The van der Waals surface area contributed by atoms with Crippen LogP contribution in [-0.2, 0) is 0 Å². The van der Waals surface area contributed by atoms with Crippen molar-refractivity contribution in [3.8, 4) is 0 Å². The number of halogens is 1. The number of nitrogens with two attached hydrogens (primary N) is 1. The molecule has 0 bridgehead atoms. The Balaban J connectivity index is 1.92. The molecule has 0 amide bonds. The largest absolute Gasteiger partial charge is 0.330 e. The third-order valence-corrected chi connectivity index (χ3v) is 4.08. The van der Waals surface area contributed by atoms with E-state index in [0.717, 1.165) is 17.2 Å². The van der Waals surface area contributed by atoms with Gasteiger partial charge in [-0.15, -0.1) is 11.8 Å². The van der Waals surface area contributed by atoms with Crippen molar-refractivity contribution in [3.05, 3.63) is 30.1 Å². The molecule has 14 heavy (non-hydrogen) atoms. The molecule has 1 aliphatic rings. The predicted octanol–water partition coefficient (Wildman–Crippen LogP) is 2.66. The van der Waals surface area contributed by atoms with Crippen LogP contribution in [0.3, 0.4) is 0 Å². The first-order valence-corrected chi connectivity index (χ1v) is 5.81. The van der Waals surface area contributed by atoms with Gasteiger partial charge in [-0.3, -0.25) is 0 Å². The predicted molar refractivity (Wildman–Crippen MR) is 57.8 cm³/mol. The van der Waals surface area contributed by atoms with Crippen LogP contribution in [0.2, 0.25) is 0 Å². The van der Waals surface area contributed by atoms with E-state index in [-0.39, 0.29) is 5.82 Å². The summed E-state index contributed by atoms with van der Waals surface area (Å²) < 4.78 is 12.8. The fraction of sp³-hybridized carbons (Fsp3) is 0.455. The molecule has 2 N–H and O–H groups in total. The molecule has 1 aromatic rings. The van der Waals surface area contributed by atoms with Gasteiger partial charge in [0.05, 0.1) is 0 Å². The van der Waals surface area contributed by atoms with Gasteiger partial charge in [-0.1, -0.05) is 6.07 Å². The monoisotopic (exact) mass is 211 g/mol. The summed E-state index contributed by atoms with van der Waals surface area (Å²) in [7, 11) is 0. The summed E-state index contributed by atoms with van der Waals surface area (Å²) in [6.45, 7) is 0.759. The molecule has 0 aromatic heterocycles. The van der Waals surface area contributed by atoms with Gasteiger partial charge >= 0.3 is 0 Å². The fourth-order valence-electron chi connectivity index (χ4n) is 1.38. The third-order valence-electron chi connectivity index (χ3n) is 2.73. The van der Waals surface area contributed by atoms with Crippen molar-refractivity contribution in [2.45, 2.75) is 17.7 Å². The van der Waals surface area contributed by atoms with E-state index >= 15 is 0 Å². The highest BCUT2D eigenvalue weighted by Gasteiger charge is 2.40. The van der Waals surface area contributed by atoms with Gasteiger partial charge in [0.15, 0.2) is 0 Å². The maximum atomic E-state index is 12.8. The van der Waals surface area contributed by atoms with Crippen LogP contribution in [0, 0.1) is 11.2 Å². The van der Waals surface area contributed by atoms with Crippen LogP contribution >= 0.6 is 11.8 Å². The summed E-state index contributed by atoms with van der Waals surface area (Å²) in [6.07, 6.45) is 2.46. The van der Waals surface area contributed by atoms with E-state index in [1.54, 1.807) is 23.9 Å². The molecule has 0 aliphatic heterocycles. The topological polar surface area (TPSA) is 26.0 Å². The Labute approximate surface area is 87.9 Å². The summed E-state index contributed by atoms with van der Waals surface area (Å²) in [4.78, 5) is 1.00. The lowest BCUT2D eigenvalue weighted by Gasteiger charge is -2.10. The van der Waals surface area contributed by atoms with Gasteiger partial charge in [0.1, 0.15) is 5.82 Å². The number of thioether (sulfide) groups is 1. The number of hydrogen-bond donors (Lipinski definition) is 1. The first kappa shape index (κ1) is 9.99. The quantitative estimate of drug-likeness (QED) is 0.775. The zero-order valence-electron chi connectivity index (χ0n) is 8.00. The highest BCUT2D eigenvalue weighted by molar-refractivity contribution is 7.99. The van der Waals surface area contributed by atoms with Gasteiger partial charge in [-0.2, -0.15) is 0 Å². The molecule has 76 valence electrons. The standard InChI is InChI=1S/C11H14FNS/c12-9-2-1-3-10(6-9)14-8-11(7-13)4-5-11/h1-3,6H,4-5,7-8,13H2. The zero-order chi connectivity index (χ0) is 10.0. The van der Waals surface area contributed by atoms with E-state index < -0.39 is 0 Å². The van der Waals surface area contributed by atoms with Crippen LogP contribution < -0.4 is 5.73 Å². The highest BCUT2D eigenvalue weighted by Crippen LogP contribution is 2.48. The van der Waals surface area contributed by atoms with Gasteiger partial charge in [0.2, 0.25) is 0 Å². The molecular weight excluding hydrogens is 197 g/mol. The Kier molecular flexibility index (Phi) is 2.79. The van der Waals surface area contributed by atoms with Gasteiger partial charge in [-0.25, -0.2) is 4.39 Å². The normalized spacial score (nSPS) is 18.1. The van der Waals surface area contributed by atoms with Crippen molar-refractivity contribution in [3.63, 3.8) is 0 Å². The van der Waals surface area contributed by atoms with E-state index in [2.05, 4.69) is 0 Å². The van der Waals surface area contributed by atoms with Crippen molar-refractivity contribution in [2.75, 3.05) is 12.3 Å². The summed E-state index contributed by atoms with van der Waals surface area (Å²) >= 11 is 1.71. The maximum absolute atomic E-state index is 12.8. The first-order chi connectivity index (χ1) is 6.74. The molecule has 1 saturated carbocycles. The molecule has 0 spiro atoms. The average Bonchev–Trinajstić information content (AvgIpc) is 2.96. The molecule has 2 rings (SSSR count). The molecule has 0 heterocycles. The van der Waals surface area contributed by atoms with Gasteiger partial charge in [0, 0.05) is 10.6 Å². The molecule has 0 saturated heterocycles. The minimum absolute atomic E-state index is 0.160. The average molecular weight is 211 g/mol. The molecule has 3 heteroatoms. The van der Waals surface area contributed by atoms with E-state index in [1.807, 2.05) is 6.07 Å². The number of hydrogen-bond acceptors (Lipinski definition) is 2. The molecule has 1 nitrogen and oxygen atoms in total. The van der Waals surface area contributed by atoms with E-state index in [9.17, 15) is 4.39 Å². The Hall–Kier alpha value is -0.540. The van der Waals surface area contributed by atoms with E-state index in [1.165, 1.54) is 18.9 Å². The Bertz CT molecular complexity index is 323. The summed E-state index contributed by atoms with van der Waals surface area (Å²) in [5.74, 6) is 0.861. The fourth-order valence-corrected chi connectivity index (χ4v) is 2.63. The van der Waals surface area contributed by atoms with Crippen LogP contribution in [0.4, 0.5) is 4.39 Å². The van der Waals surface area contributed by atoms with Crippen LogP contribution in [0.15, 0.2) is 29.2 Å². The van der Waals surface area contributed by atoms with E-state index in [0.29, 0.717) is 5.41 Å². The van der Waals surface area contributed by atoms with Crippen molar-refractivity contribution in [1.29, 1.82) is 0 Å². The Morgan fingerprint density at radius 3 is 2.79 bits per heavy atom. The Morgan fingerprint density at radius 1 is 1.43 bits per heavy atom. The minimum atomic E-state index is -0.160. The second-order valence-electron chi connectivity index (χ2n) is 3.95. The van der Waals surface area contributed by atoms with Crippen molar-refractivity contribution >= 4 is 11.8 Å². The number of rotatable bonds is 4. The lowest BCUT2D eigenvalue weighted by Crippen LogP contribution is -2.17. The molecule has 1 fully saturated rings. The SMILES string of the molecule is NCC1(CSc2cccc(F)c2)CC1. The van der Waals surface area contributed by atoms with Gasteiger partial charge < -0.3 is 5.73 Å². The third kappa shape index (κ3) is 2.28. The van der Waals surface area contributed by atoms with Crippen LogP contribution in [-0.4, -0.2) is 12.3 Å². The van der Waals surface area contributed by atoms with Gasteiger partial charge in [0.25, 0.3) is 0 Å².